The van der Waals surface area contributed by atoms with E-state index in [1.165, 1.54) is 6.42 Å². The molecular weight excluding hydrogens is 276 g/mol. The number of nitrogens with one attached hydrogen (secondary N) is 1. The molecule has 0 unspecified atom stereocenters. The van der Waals surface area contributed by atoms with Crippen molar-refractivity contribution < 1.29 is 9.53 Å². The molecule has 0 bridgehead atoms. The highest BCUT2D eigenvalue weighted by Gasteiger charge is 2.09. The molecular formula is C18H28N2O2. The average molecular weight is 304 g/mol. The highest BCUT2D eigenvalue weighted by atomic mass is 16.5. The van der Waals surface area contributed by atoms with Gasteiger partial charge in [-0.1, -0.05) is 32.6 Å². The van der Waals surface area contributed by atoms with Gasteiger partial charge >= 0.3 is 0 Å². The molecule has 0 saturated carbocycles. The molecule has 0 aliphatic rings. The van der Waals surface area contributed by atoms with Gasteiger partial charge in [0, 0.05) is 13.6 Å². The van der Waals surface area contributed by atoms with Gasteiger partial charge in [0.05, 0.1) is 12.2 Å². The molecule has 1 aromatic carbocycles. The Hall–Kier alpha value is -1.81. The number of hydrogen-bond donors (Lipinski definition) is 1. The molecule has 0 aliphatic carbocycles. The first kappa shape index (κ1) is 18.2. The minimum Gasteiger partial charge on any atom is -0.494 e. The van der Waals surface area contributed by atoms with Crippen LogP contribution < -0.4 is 10.1 Å². The first-order valence-electron chi connectivity index (χ1n) is 7.99. The highest BCUT2D eigenvalue weighted by molar-refractivity contribution is 5.97. The topological polar surface area (TPSA) is 41.6 Å². The largest absolute Gasteiger partial charge is 0.494 e. The number of rotatable bonds is 10. The molecule has 1 rings (SSSR count). The molecule has 1 amide bonds. The van der Waals surface area contributed by atoms with E-state index >= 15 is 0 Å². The standard InChI is InChI=1S/C18H28N2O2/c1-5-11-20(7-3)12-8-13-22-16-10-9-15(6-2)17(14-16)18(21)19-4/h6,9-10,14H,2,5,7-8,11-13H2,1,3-4H3,(H,19,21). The van der Waals surface area contributed by atoms with E-state index in [4.69, 9.17) is 4.74 Å². The number of ether oxygens (including phenoxy) is 1. The second kappa shape index (κ2) is 10.0. The van der Waals surface area contributed by atoms with E-state index in [0.29, 0.717) is 12.2 Å². The molecule has 4 nitrogen and oxygen atoms in total. The summed E-state index contributed by atoms with van der Waals surface area (Å²) in [5, 5.41) is 2.64. The van der Waals surface area contributed by atoms with Crippen LogP contribution in [0.5, 0.6) is 5.75 Å². The van der Waals surface area contributed by atoms with E-state index in [-0.39, 0.29) is 5.91 Å². The van der Waals surface area contributed by atoms with Crippen molar-refractivity contribution in [2.24, 2.45) is 0 Å². The number of carbonyl (C=O) groups is 1. The summed E-state index contributed by atoms with van der Waals surface area (Å²) in [4.78, 5) is 14.3. The van der Waals surface area contributed by atoms with Crippen LogP contribution in [-0.4, -0.2) is 44.1 Å². The molecule has 0 aromatic heterocycles. The van der Waals surface area contributed by atoms with Crippen molar-refractivity contribution in [3.63, 3.8) is 0 Å². The Morgan fingerprint density at radius 3 is 2.73 bits per heavy atom. The molecule has 22 heavy (non-hydrogen) atoms. The van der Waals surface area contributed by atoms with Crippen molar-refractivity contribution in [1.82, 2.24) is 10.2 Å². The maximum Gasteiger partial charge on any atom is 0.251 e. The second-order valence-corrected chi connectivity index (χ2v) is 5.17. The summed E-state index contributed by atoms with van der Waals surface area (Å²) >= 11 is 0. The Balaban J connectivity index is 2.56. The third kappa shape index (κ3) is 5.53. The zero-order chi connectivity index (χ0) is 16.4. The molecule has 0 spiro atoms. The monoisotopic (exact) mass is 304 g/mol. The van der Waals surface area contributed by atoms with Gasteiger partial charge in [0.1, 0.15) is 5.75 Å². The van der Waals surface area contributed by atoms with Gasteiger partial charge < -0.3 is 15.0 Å². The Morgan fingerprint density at radius 1 is 1.36 bits per heavy atom. The fourth-order valence-electron chi connectivity index (χ4n) is 2.36. The normalized spacial score (nSPS) is 10.5. The minimum atomic E-state index is -0.125. The lowest BCUT2D eigenvalue weighted by Crippen LogP contribution is -2.26. The zero-order valence-corrected chi connectivity index (χ0v) is 14.0. The maximum absolute atomic E-state index is 11.9. The summed E-state index contributed by atoms with van der Waals surface area (Å²) in [5.74, 6) is 0.600. The van der Waals surface area contributed by atoms with Crippen LogP contribution in [0.25, 0.3) is 6.08 Å². The predicted molar refractivity (Wildman–Crippen MR) is 92.4 cm³/mol. The predicted octanol–water partition coefficient (Wildman–Crippen LogP) is 3.19. The van der Waals surface area contributed by atoms with Crippen molar-refractivity contribution in [1.29, 1.82) is 0 Å². The number of amides is 1. The van der Waals surface area contributed by atoms with Crippen LogP contribution in [0.1, 0.15) is 42.6 Å². The van der Waals surface area contributed by atoms with Gasteiger partial charge in [-0.25, -0.2) is 0 Å². The fraction of sp³-hybridized carbons (Fsp3) is 0.500. The molecule has 122 valence electrons. The molecule has 0 radical (unpaired) electrons. The smallest absolute Gasteiger partial charge is 0.251 e. The van der Waals surface area contributed by atoms with Crippen LogP contribution in [0.3, 0.4) is 0 Å². The first-order chi connectivity index (χ1) is 10.7. The van der Waals surface area contributed by atoms with Crippen LogP contribution in [-0.2, 0) is 0 Å². The summed E-state index contributed by atoms with van der Waals surface area (Å²) in [7, 11) is 1.62. The molecule has 0 saturated heterocycles. The lowest BCUT2D eigenvalue weighted by Gasteiger charge is -2.19. The van der Waals surface area contributed by atoms with E-state index in [9.17, 15) is 4.79 Å². The van der Waals surface area contributed by atoms with Crippen LogP contribution in [0.2, 0.25) is 0 Å². The minimum absolute atomic E-state index is 0.125. The van der Waals surface area contributed by atoms with Crippen molar-refractivity contribution in [3.8, 4) is 5.75 Å². The molecule has 0 aliphatic heterocycles. The van der Waals surface area contributed by atoms with E-state index in [0.717, 1.165) is 37.4 Å². The molecule has 1 N–H and O–H groups in total. The van der Waals surface area contributed by atoms with Gasteiger partial charge in [-0.05, 0) is 43.6 Å². The summed E-state index contributed by atoms with van der Waals surface area (Å²) < 4.78 is 5.77. The SMILES string of the molecule is C=Cc1ccc(OCCCN(CC)CCC)cc1C(=O)NC. The molecule has 0 fully saturated rings. The Morgan fingerprint density at radius 2 is 2.14 bits per heavy atom. The van der Waals surface area contributed by atoms with Crippen LogP contribution in [0, 0.1) is 0 Å². The van der Waals surface area contributed by atoms with Crippen LogP contribution >= 0.6 is 0 Å². The van der Waals surface area contributed by atoms with Crippen molar-refractivity contribution in [3.05, 3.63) is 35.9 Å². The quantitative estimate of drug-likeness (QED) is 0.675. The maximum atomic E-state index is 11.9. The highest BCUT2D eigenvalue weighted by Crippen LogP contribution is 2.19. The van der Waals surface area contributed by atoms with E-state index in [1.54, 1.807) is 19.2 Å². The van der Waals surface area contributed by atoms with Gasteiger partial charge in [-0.2, -0.15) is 0 Å². The van der Waals surface area contributed by atoms with Gasteiger partial charge in [-0.3, -0.25) is 4.79 Å². The second-order valence-electron chi connectivity index (χ2n) is 5.17. The summed E-state index contributed by atoms with van der Waals surface area (Å²) in [6.45, 7) is 12.0. The lowest BCUT2D eigenvalue weighted by atomic mass is 10.1. The zero-order valence-electron chi connectivity index (χ0n) is 14.0. The Labute approximate surface area is 134 Å². The summed E-state index contributed by atoms with van der Waals surface area (Å²) in [5.41, 5.74) is 1.41. The van der Waals surface area contributed by atoms with E-state index < -0.39 is 0 Å². The lowest BCUT2D eigenvalue weighted by molar-refractivity contribution is 0.0962. The van der Waals surface area contributed by atoms with Crippen molar-refractivity contribution >= 4 is 12.0 Å². The number of hydrogen-bond acceptors (Lipinski definition) is 3. The third-order valence-corrected chi connectivity index (χ3v) is 3.59. The Kier molecular flexibility index (Phi) is 8.30. The molecule has 0 heterocycles. The number of carbonyl (C=O) groups excluding carboxylic acids is 1. The van der Waals surface area contributed by atoms with Gasteiger partial charge in [0.25, 0.3) is 5.91 Å². The van der Waals surface area contributed by atoms with Crippen molar-refractivity contribution in [2.75, 3.05) is 33.3 Å². The third-order valence-electron chi connectivity index (χ3n) is 3.59. The van der Waals surface area contributed by atoms with E-state index in [1.807, 2.05) is 12.1 Å². The average Bonchev–Trinajstić information content (AvgIpc) is 2.56. The summed E-state index contributed by atoms with van der Waals surface area (Å²) in [6.07, 6.45) is 3.83. The number of benzene rings is 1. The summed E-state index contributed by atoms with van der Waals surface area (Å²) in [6, 6.07) is 5.52. The number of nitrogens with zero attached hydrogens (tertiary/aromatic N) is 1. The first-order valence-corrected chi connectivity index (χ1v) is 7.99. The van der Waals surface area contributed by atoms with Crippen LogP contribution in [0.4, 0.5) is 0 Å². The fourth-order valence-corrected chi connectivity index (χ4v) is 2.36. The van der Waals surface area contributed by atoms with Gasteiger partial charge in [0.2, 0.25) is 0 Å². The molecule has 0 atom stereocenters. The van der Waals surface area contributed by atoms with Gasteiger partial charge in [0.15, 0.2) is 0 Å². The molecule has 4 heteroatoms. The van der Waals surface area contributed by atoms with Crippen molar-refractivity contribution in [2.45, 2.75) is 26.7 Å². The molecule has 1 aromatic rings. The van der Waals surface area contributed by atoms with Crippen LogP contribution in [0.15, 0.2) is 24.8 Å². The van der Waals surface area contributed by atoms with E-state index in [2.05, 4.69) is 30.6 Å². The van der Waals surface area contributed by atoms with Gasteiger partial charge in [-0.15, -0.1) is 0 Å². The Bertz CT molecular complexity index is 486.